The van der Waals surface area contributed by atoms with Crippen molar-refractivity contribution in [3.8, 4) is 0 Å². The molecule has 1 aromatic carbocycles. The summed E-state index contributed by atoms with van der Waals surface area (Å²) in [4.78, 5) is 2.87. The van der Waals surface area contributed by atoms with Crippen molar-refractivity contribution in [3.05, 3.63) is 56.7 Å². The van der Waals surface area contributed by atoms with Gasteiger partial charge in [-0.1, -0.05) is 23.7 Å². The molecule has 0 saturated carbocycles. The molecule has 1 N–H and O–H groups in total. The fourth-order valence-corrected chi connectivity index (χ4v) is 3.55. The molecule has 1 saturated heterocycles. The molecule has 5 heteroatoms. The van der Waals surface area contributed by atoms with Crippen LogP contribution < -0.4 is 4.90 Å². The van der Waals surface area contributed by atoms with Gasteiger partial charge in [-0.15, -0.1) is 11.3 Å². The van der Waals surface area contributed by atoms with Crippen LogP contribution in [0, 0.1) is 6.92 Å². The lowest BCUT2D eigenvalue weighted by molar-refractivity contribution is -0.918. The predicted molar refractivity (Wildman–Crippen MR) is 94.1 cm³/mol. The first-order chi connectivity index (χ1) is 10.7. The van der Waals surface area contributed by atoms with Crippen molar-refractivity contribution in [2.75, 3.05) is 26.2 Å². The molecule has 116 valence electrons. The molecule has 2 aromatic rings. The summed E-state index contributed by atoms with van der Waals surface area (Å²) in [5.41, 5.74) is 2.66. The molecule has 0 atom stereocenters. The Morgan fingerprint density at radius 3 is 2.59 bits per heavy atom. The van der Waals surface area contributed by atoms with E-state index >= 15 is 0 Å². The van der Waals surface area contributed by atoms with E-state index in [1.807, 2.05) is 18.3 Å². The Balaban J connectivity index is 1.49. The zero-order chi connectivity index (χ0) is 15.4. The van der Waals surface area contributed by atoms with Gasteiger partial charge in [0.25, 0.3) is 0 Å². The monoisotopic (exact) mass is 334 g/mol. The average Bonchev–Trinajstić information content (AvgIpc) is 2.94. The third-order valence-corrected chi connectivity index (χ3v) is 5.26. The number of halogens is 1. The molecule has 3 nitrogen and oxygen atoms in total. The van der Waals surface area contributed by atoms with Gasteiger partial charge in [-0.05, 0) is 36.1 Å². The number of quaternary nitrogens is 1. The summed E-state index contributed by atoms with van der Waals surface area (Å²) in [5.74, 6) is 0. The zero-order valence-corrected chi connectivity index (χ0v) is 14.3. The Labute approximate surface area is 140 Å². The zero-order valence-electron chi connectivity index (χ0n) is 12.8. The van der Waals surface area contributed by atoms with E-state index in [1.54, 1.807) is 16.2 Å². The van der Waals surface area contributed by atoms with Gasteiger partial charge in [-0.25, -0.2) is 0 Å². The first kappa shape index (κ1) is 15.5. The van der Waals surface area contributed by atoms with E-state index in [2.05, 4.69) is 40.6 Å². The number of hydrazone groups is 1. The summed E-state index contributed by atoms with van der Waals surface area (Å²) in [6.07, 6.45) is 2.00. The van der Waals surface area contributed by atoms with E-state index in [4.69, 9.17) is 11.6 Å². The van der Waals surface area contributed by atoms with Crippen LogP contribution in [-0.4, -0.2) is 37.4 Å². The van der Waals surface area contributed by atoms with Gasteiger partial charge in [0.15, 0.2) is 0 Å². The molecule has 0 aliphatic carbocycles. The Hall–Kier alpha value is -1.36. The largest absolute Gasteiger partial charge is 0.328 e. The van der Waals surface area contributed by atoms with E-state index < -0.39 is 0 Å². The highest BCUT2D eigenvalue weighted by atomic mass is 35.5. The summed E-state index contributed by atoms with van der Waals surface area (Å²) in [7, 11) is 0. The number of nitrogens with one attached hydrogen (secondary N) is 1. The highest BCUT2D eigenvalue weighted by molar-refractivity contribution is 7.11. The number of nitrogens with zero attached hydrogens (tertiary/aromatic N) is 2. The molecule has 0 unspecified atom stereocenters. The second-order valence-corrected chi connectivity index (χ2v) is 7.10. The quantitative estimate of drug-likeness (QED) is 0.851. The van der Waals surface area contributed by atoms with Crippen LogP contribution in [0.2, 0.25) is 5.02 Å². The molecule has 1 aliphatic heterocycles. The maximum absolute atomic E-state index is 5.93. The highest BCUT2D eigenvalue weighted by Gasteiger charge is 2.18. The van der Waals surface area contributed by atoms with E-state index in [1.165, 1.54) is 16.0 Å². The van der Waals surface area contributed by atoms with Crippen LogP contribution in [0.25, 0.3) is 0 Å². The Bertz CT molecular complexity index is 628. The Kier molecular flexibility index (Phi) is 5.13. The smallest absolute Gasteiger partial charge is 0.103 e. The second kappa shape index (κ2) is 7.27. The molecule has 0 radical (unpaired) electrons. The van der Waals surface area contributed by atoms with Gasteiger partial charge < -0.3 is 4.90 Å². The van der Waals surface area contributed by atoms with Gasteiger partial charge in [0, 0.05) is 15.5 Å². The van der Waals surface area contributed by atoms with Crippen LogP contribution in [0.5, 0.6) is 0 Å². The van der Waals surface area contributed by atoms with Crippen LogP contribution in [0.4, 0.5) is 0 Å². The third-order valence-electron chi connectivity index (χ3n) is 4.05. The van der Waals surface area contributed by atoms with Gasteiger partial charge in [-0.2, -0.15) is 5.10 Å². The number of aryl methyl sites for hydroxylation is 1. The highest BCUT2D eigenvalue weighted by Crippen LogP contribution is 2.13. The first-order valence-electron chi connectivity index (χ1n) is 7.62. The molecule has 1 aromatic heterocycles. The minimum atomic E-state index is 0.807. The second-order valence-electron chi connectivity index (χ2n) is 5.72. The molecular formula is C17H21ClN3S+. The summed E-state index contributed by atoms with van der Waals surface area (Å²) in [6, 6.07) is 10.3. The third kappa shape index (κ3) is 4.09. The average molecular weight is 335 g/mol. The molecule has 3 rings (SSSR count). The summed E-state index contributed by atoms with van der Waals surface area (Å²) in [6.45, 7) is 7.49. The van der Waals surface area contributed by atoms with E-state index in [9.17, 15) is 0 Å². The van der Waals surface area contributed by atoms with Crippen LogP contribution >= 0.6 is 22.9 Å². The lowest BCUT2D eigenvalue weighted by Crippen LogP contribution is -3.13. The lowest BCUT2D eigenvalue weighted by atomic mass is 10.2. The molecular weight excluding hydrogens is 314 g/mol. The standard InChI is InChI=1S/C17H20ClN3S/c1-14-6-11-22-17(14)12-19-21-9-7-20(8-10-21)13-15-2-4-16(18)5-3-15/h2-6,11-12H,7-10,13H2,1H3/p+1/b19-12-. The van der Waals surface area contributed by atoms with Crippen molar-refractivity contribution in [2.45, 2.75) is 13.5 Å². The van der Waals surface area contributed by atoms with Crippen LogP contribution in [0.1, 0.15) is 16.0 Å². The molecule has 0 bridgehead atoms. The van der Waals surface area contributed by atoms with Crippen molar-refractivity contribution in [2.24, 2.45) is 5.10 Å². The van der Waals surface area contributed by atoms with E-state index in [0.29, 0.717) is 0 Å². The van der Waals surface area contributed by atoms with Crippen LogP contribution in [0.3, 0.4) is 0 Å². The molecule has 1 aliphatic rings. The van der Waals surface area contributed by atoms with Crippen molar-refractivity contribution < 1.29 is 4.90 Å². The van der Waals surface area contributed by atoms with Crippen molar-refractivity contribution in [1.29, 1.82) is 0 Å². The number of hydrogen-bond donors (Lipinski definition) is 1. The van der Waals surface area contributed by atoms with Gasteiger partial charge in [-0.3, -0.25) is 5.01 Å². The van der Waals surface area contributed by atoms with Crippen LogP contribution in [0.15, 0.2) is 40.8 Å². The summed E-state index contributed by atoms with van der Waals surface area (Å²) >= 11 is 7.68. The Morgan fingerprint density at radius 2 is 1.95 bits per heavy atom. The fraction of sp³-hybridized carbons (Fsp3) is 0.353. The minimum absolute atomic E-state index is 0.807. The predicted octanol–water partition coefficient (Wildman–Crippen LogP) is 2.44. The Morgan fingerprint density at radius 1 is 1.23 bits per heavy atom. The van der Waals surface area contributed by atoms with Gasteiger partial charge in [0.05, 0.1) is 32.4 Å². The molecule has 0 amide bonds. The lowest BCUT2D eigenvalue weighted by Gasteiger charge is -2.30. The number of rotatable bonds is 4. The van der Waals surface area contributed by atoms with E-state index in [0.717, 1.165) is 37.7 Å². The topological polar surface area (TPSA) is 20.0 Å². The minimum Gasteiger partial charge on any atom is -0.328 e. The number of benzene rings is 1. The fourth-order valence-electron chi connectivity index (χ4n) is 2.65. The van der Waals surface area contributed by atoms with Gasteiger partial charge in [0.1, 0.15) is 6.54 Å². The summed E-state index contributed by atoms with van der Waals surface area (Å²) in [5, 5.41) is 9.74. The van der Waals surface area contributed by atoms with Crippen molar-refractivity contribution in [1.82, 2.24) is 5.01 Å². The maximum atomic E-state index is 5.93. The maximum Gasteiger partial charge on any atom is 0.103 e. The SMILES string of the molecule is Cc1ccsc1/C=N\N1CC[NH+](Cc2ccc(Cl)cc2)CC1. The number of piperazine rings is 1. The van der Waals surface area contributed by atoms with Crippen molar-refractivity contribution >= 4 is 29.2 Å². The molecule has 22 heavy (non-hydrogen) atoms. The van der Waals surface area contributed by atoms with Crippen molar-refractivity contribution in [3.63, 3.8) is 0 Å². The summed E-state index contributed by atoms with van der Waals surface area (Å²) < 4.78 is 0. The normalized spacial score (nSPS) is 16.5. The number of thiophene rings is 1. The molecule has 0 spiro atoms. The number of hydrogen-bond acceptors (Lipinski definition) is 3. The van der Waals surface area contributed by atoms with Gasteiger partial charge >= 0.3 is 0 Å². The molecule has 2 heterocycles. The van der Waals surface area contributed by atoms with Gasteiger partial charge in [0.2, 0.25) is 0 Å². The van der Waals surface area contributed by atoms with E-state index in [-0.39, 0.29) is 0 Å². The van der Waals surface area contributed by atoms with Crippen LogP contribution in [-0.2, 0) is 6.54 Å². The molecule has 1 fully saturated rings. The first-order valence-corrected chi connectivity index (χ1v) is 8.87.